The van der Waals surface area contributed by atoms with Crippen molar-refractivity contribution in [1.29, 1.82) is 0 Å². The van der Waals surface area contributed by atoms with E-state index >= 15 is 8.78 Å². The van der Waals surface area contributed by atoms with Gasteiger partial charge in [0.05, 0.1) is 0 Å². The third kappa shape index (κ3) is 4.57. The molecule has 0 bridgehead atoms. The summed E-state index contributed by atoms with van der Waals surface area (Å²) in [6, 6.07) is 2.08. The molecule has 5 atom stereocenters. The van der Waals surface area contributed by atoms with Crippen LogP contribution in [-0.4, -0.2) is 0 Å². The van der Waals surface area contributed by atoms with Crippen LogP contribution in [0.5, 0.6) is 0 Å². The molecule has 5 unspecified atom stereocenters. The van der Waals surface area contributed by atoms with Crippen LogP contribution in [0, 0.1) is 35.3 Å². The van der Waals surface area contributed by atoms with Gasteiger partial charge in [0.1, 0.15) is 0 Å². The molecule has 1 aromatic rings. The Labute approximate surface area is 176 Å². The molecule has 162 valence electrons. The molecule has 3 aliphatic carbocycles. The maximum absolute atomic E-state index is 15.2. The Kier molecular flexibility index (Phi) is 6.97. The number of fused-ring (bicyclic) bond motifs is 2. The summed E-state index contributed by atoms with van der Waals surface area (Å²) in [6.07, 6.45) is 16.4. The summed E-state index contributed by atoms with van der Waals surface area (Å²) in [5, 5.41) is 0. The average Bonchev–Trinajstić information content (AvgIpc) is 2.74. The highest BCUT2D eigenvalue weighted by atomic mass is 19.2. The standard InChI is InChI=1S/C27H40F2/c1-3-5-7-19-9-11-23-17-25(27(29)26(28)24(23)15-19)22-13-12-20-14-18(6-4-2)8-10-21(20)16-22/h17-22H,3-16H2,1-2H3. The van der Waals surface area contributed by atoms with Crippen molar-refractivity contribution in [3.8, 4) is 0 Å². The van der Waals surface area contributed by atoms with Gasteiger partial charge in [0.15, 0.2) is 11.6 Å². The molecule has 2 fully saturated rings. The van der Waals surface area contributed by atoms with E-state index in [-0.39, 0.29) is 5.92 Å². The van der Waals surface area contributed by atoms with Gasteiger partial charge in [0.25, 0.3) is 0 Å². The predicted octanol–water partition coefficient (Wildman–Crippen LogP) is 8.36. The second-order valence-electron chi connectivity index (χ2n) is 10.5. The Morgan fingerprint density at radius 3 is 2.41 bits per heavy atom. The number of hydrogen-bond donors (Lipinski definition) is 0. The van der Waals surface area contributed by atoms with Crippen LogP contribution in [0.2, 0.25) is 0 Å². The zero-order chi connectivity index (χ0) is 20.4. The Hall–Kier alpha value is -0.920. The number of rotatable bonds is 6. The highest BCUT2D eigenvalue weighted by Gasteiger charge is 2.37. The summed E-state index contributed by atoms with van der Waals surface area (Å²) in [4.78, 5) is 0. The molecule has 0 amide bonds. The van der Waals surface area contributed by atoms with E-state index < -0.39 is 11.6 Å². The Balaban J connectivity index is 1.47. The fourth-order valence-electron chi connectivity index (χ4n) is 6.91. The van der Waals surface area contributed by atoms with Gasteiger partial charge < -0.3 is 0 Å². The SMILES string of the molecule is CCCCC1CCc2cc(C3CCC4CC(CCC)CCC4C3)c(F)c(F)c2C1. The van der Waals surface area contributed by atoms with Crippen molar-refractivity contribution in [1.82, 2.24) is 0 Å². The topological polar surface area (TPSA) is 0 Å². The van der Waals surface area contributed by atoms with E-state index in [1.54, 1.807) is 0 Å². The van der Waals surface area contributed by atoms with E-state index in [1.807, 2.05) is 0 Å². The molecule has 2 heteroatoms. The maximum atomic E-state index is 15.2. The summed E-state index contributed by atoms with van der Waals surface area (Å²) in [6.45, 7) is 4.50. The zero-order valence-corrected chi connectivity index (χ0v) is 18.6. The van der Waals surface area contributed by atoms with Crippen LogP contribution < -0.4 is 0 Å². The Morgan fingerprint density at radius 1 is 0.828 bits per heavy atom. The molecule has 0 heterocycles. The number of benzene rings is 1. The second kappa shape index (κ2) is 9.48. The monoisotopic (exact) mass is 402 g/mol. The molecule has 0 saturated heterocycles. The minimum atomic E-state index is -0.511. The van der Waals surface area contributed by atoms with Gasteiger partial charge in [-0.1, -0.05) is 58.4 Å². The van der Waals surface area contributed by atoms with Crippen LogP contribution >= 0.6 is 0 Å². The quantitative estimate of drug-likeness (QED) is 0.448. The van der Waals surface area contributed by atoms with Crippen molar-refractivity contribution in [2.75, 3.05) is 0 Å². The molecule has 1 aromatic carbocycles. The van der Waals surface area contributed by atoms with Crippen LogP contribution in [0.25, 0.3) is 0 Å². The van der Waals surface area contributed by atoms with E-state index in [1.165, 1.54) is 51.4 Å². The number of aryl methyl sites for hydroxylation is 1. The molecule has 2 saturated carbocycles. The van der Waals surface area contributed by atoms with Crippen molar-refractivity contribution >= 4 is 0 Å². The zero-order valence-electron chi connectivity index (χ0n) is 18.6. The van der Waals surface area contributed by atoms with Crippen molar-refractivity contribution in [2.45, 2.75) is 110 Å². The molecule has 0 N–H and O–H groups in total. The van der Waals surface area contributed by atoms with E-state index in [2.05, 4.69) is 19.9 Å². The lowest BCUT2D eigenvalue weighted by Gasteiger charge is -2.42. The lowest BCUT2D eigenvalue weighted by atomic mass is 9.63. The summed E-state index contributed by atoms with van der Waals surface area (Å²) < 4.78 is 30.3. The van der Waals surface area contributed by atoms with Gasteiger partial charge in [-0.2, -0.15) is 0 Å². The molecule has 3 aliphatic rings. The first-order valence-corrected chi connectivity index (χ1v) is 12.6. The smallest absolute Gasteiger partial charge is 0.162 e. The lowest BCUT2D eigenvalue weighted by Crippen LogP contribution is -2.31. The van der Waals surface area contributed by atoms with Gasteiger partial charge in [-0.15, -0.1) is 0 Å². The lowest BCUT2D eigenvalue weighted by molar-refractivity contribution is 0.113. The van der Waals surface area contributed by atoms with Crippen LogP contribution in [0.15, 0.2) is 6.07 Å². The summed E-state index contributed by atoms with van der Waals surface area (Å²) >= 11 is 0. The van der Waals surface area contributed by atoms with E-state index in [9.17, 15) is 0 Å². The molecule has 4 rings (SSSR count). The molecule has 0 aliphatic heterocycles. The molecule has 0 radical (unpaired) electrons. The van der Waals surface area contributed by atoms with Crippen LogP contribution in [0.4, 0.5) is 8.78 Å². The van der Waals surface area contributed by atoms with Crippen LogP contribution in [0.3, 0.4) is 0 Å². The van der Waals surface area contributed by atoms with E-state index in [0.29, 0.717) is 17.0 Å². The average molecular weight is 403 g/mol. The largest absolute Gasteiger partial charge is 0.203 e. The number of unbranched alkanes of at least 4 members (excludes halogenated alkanes) is 1. The molecule has 0 spiro atoms. The van der Waals surface area contributed by atoms with Crippen molar-refractivity contribution < 1.29 is 8.78 Å². The molecular formula is C27H40F2. The van der Waals surface area contributed by atoms with Crippen molar-refractivity contribution in [3.05, 3.63) is 34.4 Å². The highest BCUT2D eigenvalue weighted by molar-refractivity contribution is 5.38. The minimum Gasteiger partial charge on any atom is -0.203 e. The normalized spacial score (nSPS) is 31.9. The van der Waals surface area contributed by atoms with Crippen molar-refractivity contribution in [3.63, 3.8) is 0 Å². The first kappa shape index (κ1) is 21.3. The highest BCUT2D eigenvalue weighted by Crippen LogP contribution is 2.49. The summed E-state index contributed by atoms with van der Waals surface area (Å²) in [5.74, 6) is 2.24. The Morgan fingerprint density at radius 2 is 1.62 bits per heavy atom. The fourth-order valence-corrected chi connectivity index (χ4v) is 6.91. The van der Waals surface area contributed by atoms with Gasteiger partial charge in [-0.05, 0) is 97.6 Å². The van der Waals surface area contributed by atoms with Crippen molar-refractivity contribution in [2.24, 2.45) is 23.7 Å². The Bertz CT molecular complexity index is 694. The number of hydrogen-bond acceptors (Lipinski definition) is 0. The van der Waals surface area contributed by atoms with E-state index in [4.69, 9.17) is 0 Å². The maximum Gasteiger partial charge on any atom is 0.162 e. The van der Waals surface area contributed by atoms with Gasteiger partial charge in [0, 0.05) is 0 Å². The summed E-state index contributed by atoms with van der Waals surface area (Å²) in [5.41, 5.74) is 2.52. The van der Waals surface area contributed by atoms with Gasteiger partial charge in [-0.3, -0.25) is 0 Å². The minimum absolute atomic E-state index is 0.233. The van der Waals surface area contributed by atoms with Crippen LogP contribution in [-0.2, 0) is 12.8 Å². The van der Waals surface area contributed by atoms with Gasteiger partial charge >= 0.3 is 0 Å². The third-order valence-electron chi connectivity index (χ3n) is 8.57. The molecular weight excluding hydrogens is 362 g/mol. The number of halogens is 2. The van der Waals surface area contributed by atoms with E-state index in [0.717, 1.165) is 61.8 Å². The first-order valence-electron chi connectivity index (χ1n) is 12.6. The predicted molar refractivity (Wildman–Crippen MR) is 117 cm³/mol. The van der Waals surface area contributed by atoms with Crippen LogP contribution in [0.1, 0.15) is 114 Å². The molecule has 29 heavy (non-hydrogen) atoms. The third-order valence-corrected chi connectivity index (χ3v) is 8.57. The fraction of sp³-hybridized carbons (Fsp3) is 0.778. The second-order valence-corrected chi connectivity index (χ2v) is 10.5. The summed E-state index contributed by atoms with van der Waals surface area (Å²) in [7, 11) is 0. The first-order chi connectivity index (χ1) is 14.1. The van der Waals surface area contributed by atoms with Gasteiger partial charge in [0.2, 0.25) is 0 Å². The van der Waals surface area contributed by atoms with Gasteiger partial charge in [-0.25, -0.2) is 8.78 Å². The molecule has 0 aromatic heterocycles. The molecule has 0 nitrogen and oxygen atoms in total.